The molecule has 0 bridgehead atoms. The maximum atomic E-state index is 13.6. The molecule has 0 aliphatic rings. The van der Waals surface area contributed by atoms with E-state index in [0.717, 1.165) is 5.56 Å². The van der Waals surface area contributed by atoms with Gasteiger partial charge in [-0.25, -0.2) is 9.78 Å². The van der Waals surface area contributed by atoms with E-state index >= 15 is 0 Å². The number of hydrogen-bond acceptors (Lipinski definition) is 5. The van der Waals surface area contributed by atoms with Gasteiger partial charge in [-0.05, 0) is 35.9 Å². The number of carbonyl (C=O) groups is 2. The Morgan fingerprint density at radius 1 is 0.917 bits per heavy atom. The minimum Gasteiger partial charge on any atom is -0.465 e. The zero-order valence-electron chi connectivity index (χ0n) is 18.9. The van der Waals surface area contributed by atoms with Gasteiger partial charge in [-0.3, -0.25) is 4.79 Å². The number of nitrogens with one attached hydrogen (secondary N) is 1. The maximum Gasteiger partial charge on any atom is 0.341 e. The molecule has 0 saturated carbocycles. The molecule has 5 aromatic rings. The van der Waals surface area contributed by atoms with Crippen molar-refractivity contribution in [1.82, 2.24) is 4.98 Å². The summed E-state index contributed by atoms with van der Waals surface area (Å²) in [6.07, 6.45) is 0. The third-order valence-corrected chi connectivity index (χ3v) is 7.10. The first-order valence-electron chi connectivity index (χ1n) is 10.9. The summed E-state index contributed by atoms with van der Waals surface area (Å²) in [7, 11) is 1.32. The Balaban J connectivity index is 1.60. The Hall–Kier alpha value is -3.71. The van der Waals surface area contributed by atoms with Crippen LogP contribution in [0, 0.1) is 0 Å². The number of anilines is 1. The minimum atomic E-state index is -0.529. The van der Waals surface area contributed by atoms with Gasteiger partial charge in [0.1, 0.15) is 10.6 Å². The van der Waals surface area contributed by atoms with Crippen LogP contribution >= 0.6 is 34.5 Å². The number of nitrogens with zero attached hydrogens (tertiary/aromatic N) is 1. The molecular formula is C28H18Cl2N2O3S. The molecule has 5 rings (SSSR count). The molecule has 3 aromatic carbocycles. The van der Waals surface area contributed by atoms with E-state index < -0.39 is 5.97 Å². The number of carbonyl (C=O) groups excluding carboxylic acids is 2. The van der Waals surface area contributed by atoms with Gasteiger partial charge in [0, 0.05) is 26.9 Å². The molecule has 0 aliphatic heterocycles. The molecule has 0 saturated heterocycles. The summed E-state index contributed by atoms with van der Waals surface area (Å²) < 4.78 is 5.04. The van der Waals surface area contributed by atoms with Crippen molar-refractivity contribution in [3.05, 3.63) is 105 Å². The second-order valence-corrected chi connectivity index (χ2v) is 9.58. The lowest BCUT2D eigenvalue weighted by atomic mass is 10.0. The third kappa shape index (κ3) is 4.58. The second-order valence-electron chi connectivity index (χ2n) is 7.86. The summed E-state index contributed by atoms with van der Waals surface area (Å²) >= 11 is 13.8. The number of benzene rings is 3. The number of hydrogen-bond donors (Lipinski definition) is 1. The first-order valence-corrected chi connectivity index (χ1v) is 12.5. The highest BCUT2D eigenvalue weighted by atomic mass is 35.5. The molecule has 0 spiro atoms. The largest absolute Gasteiger partial charge is 0.465 e. The summed E-state index contributed by atoms with van der Waals surface area (Å²) in [5, 5.41) is 6.76. The first kappa shape index (κ1) is 24.0. The highest BCUT2D eigenvalue weighted by Crippen LogP contribution is 2.37. The highest BCUT2D eigenvalue weighted by Gasteiger charge is 2.24. The highest BCUT2D eigenvalue weighted by molar-refractivity contribution is 7.15. The molecule has 8 heteroatoms. The number of fused-ring (bicyclic) bond motifs is 1. The van der Waals surface area contributed by atoms with Crippen LogP contribution in [-0.4, -0.2) is 24.0 Å². The number of para-hydroxylation sites is 1. The predicted octanol–water partition coefficient (Wildman–Crippen LogP) is 7.98. The zero-order valence-corrected chi connectivity index (χ0v) is 21.2. The summed E-state index contributed by atoms with van der Waals surface area (Å²) in [6, 6.07) is 23.6. The Bertz CT molecular complexity index is 1620. The number of methoxy groups -OCH3 is 1. The Morgan fingerprint density at radius 3 is 2.42 bits per heavy atom. The summed E-state index contributed by atoms with van der Waals surface area (Å²) in [5.74, 6) is -0.912. The van der Waals surface area contributed by atoms with Crippen molar-refractivity contribution in [2.75, 3.05) is 12.4 Å². The first-order chi connectivity index (χ1) is 17.5. The fourth-order valence-corrected chi connectivity index (χ4v) is 5.41. The van der Waals surface area contributed by atoms with Crippen LogP contribution in [-0.2, 0) is 4.74 Å². The van der Waals surface area contributed by atoms with Crippen molar-refractivity contribution in [3.63, 3.8) is 0 Å². The Morgan fingerprint density at radius 2 is 1.67 bits per heavy atom. The van der Waals surface area contributed by atoms with Gasteiger partial charge in [0.15, 0.2) is 0 Å². The molecular weight excluding hydrogens is 515 g/mol. The molecule has 1 N–H and O–H groups in total. The number of pyridine rings is 1. The molecule has 0 radical (unpaired) electrons. The summed E-state index contributed by atoms with van der Waals surface area (Å²) in [6.45, 7) is 0. The van der Waals surface area contributed by atoms with Gasteiger partial charge < -0.3 is 10.1 Å². The van der Waals surface area contributed by atoms with Crippen LogP contribution in [0.5, 0.6) is 0 Å². The van der Waals surface area contributed by atoms with Crippen LogP contribution in [0.2, 0.25) is 10.0 Å². The molecule has 2 aromatic heterocycles. The van der Waals surface area contributed by atoms with Gasteiger partial charge in [-0.1, -0.05) is 71.7 Å². The quantitative estimate of drug-likeness (QED) is 0.233. The number of amides is 1. The predicted molar refractivity (Wildman–Crippen MR) is 146 cm³/mol. The number of halogens is 2. The fraction of sp³-hybridized carbons (Fsp3) is 0.0357. The molecule has 0 atom stereocenters. The van der Waals surface area contributed by atoms with Crippen LogP contribution < -0.4 is 5.32 Å². The molecule has 36 heavy (non-hydrogen) atoms. The van der Waals surface area contributed by atoms with Crippen molar-refractivity contribution < 1.29 is 14.3 Å². The lowest BCUT2D eigenvalue weighted by molar-refractivity contribution is 0.0603. The average Bonchev–Trinajstić information content (AvgIpc) is 3.31. The van der Waals surface area contributed by atoms with E-state index in [2.05, 4.69) is 5.32 Å². The summed E-state index contributed by atoms with van der Waals surface area (Å²) in [5.41, 5.74) is 4.06. The molecule has 2 heterocycles. The third-order valence-electron chi connectivity index (χ3n) is 5.66. The topological polar surface area (TPSA) is 68.3 Å². The maximum absolute atomic E-state index is 13.6. The van der Waals surface area contributed by atoms with Crippen molar-refractivity contribution in [2.24, 2.45) is 0 Å². The van der Waals surface area contributed by atoms with Crippen molar-refractivity contribution in [2.45, 2.75) is 0 Å². The van der Waals surface area contributed by atoms with Gasteiger partial charge in [0.2, 0.25) is 0 Å². The number of thiophene rings is 1. The van der Waals surface area contributed by atoms with Gasteiger partial charge in [0.05, 0.1) is 28.9 Å². The van der Waals surface area contributed by atoms with E-state index in [0.29, 0.717) is 53.9 Å². The SMILES string of the molecule is COC(=O)c1c(-c2ccccc2)csc1NC(=O)c1cc(-c2ccc(Cl)cc2Cl)nc2ccccc12. The van der Waals surface area contributed by atoms with Crippen LogP contribution in [0.3, 0.4) is 0 Å². The van der Waals surface area contributed by atoms with Crippen molar-refractivity contribution >= 4 is 62.3 Å². The van der Waals surface area contributed by atoms with E-state index in [4.69, 9.17) is 32.9 Å². The lowest BCUT2D eigenvalue weighted by Gasteiger charge is -2.12. The average molecular weight is 533 g/mol. The Kier molecular flexibility index (Phi) is 6.74. The van der Waals surface area contributed by atoms with Gasteiger partial charge in [-0.15, -0.1) is 11.3 Å². The van der Waals surface area contributed by atoms with Crippen molar-refractivity contribution in [1.29, 1.82) is 0 Å². The van der Waals surface area contributed by atoms with E-state index in [1.54, 1.807) is 24.3 Å². The normalized spacial score (nSPS) is 10.9. The standard InChI is InChI=1S/C28H18Cl2N2O3S/c1-35-28(34)25-21(16-7-3-2-4-8-16)15-36-27(25)32-26(33)20-14-24(19-12-11-17(29)13-22(19)30)31-23-10-6-5-9-18(20)23/h2-15H,1H3,(H,32,33). The number of rotatable bonds is 5. The van der Waals surface area contributed by atoms with Crippen LogP contribution in [0.25, 0.3) is 33.3 Å². The van der Waals surface area contributed by atoms with E-state index in [-0.39, 0.29) is 5.91 Å². The smallest absolute Gasteiger partial charge is 0.341 e. The van der Waals surface area contributed by atoms with Crippen molar-refractivity contribution in [3.8, 4) is 22.4 Å². The molecule has 178 valence electrons. The van der Waals surface area contributed by atoms with Gasteiger partial charge in [0.25, 0.3) is 5.91 Å². The van der Waals surface area contributed by atoms with Gasteiger partial charge in [-0.2, -0.15) is 0 Å². The van der Waals surface area contributed by atoms with Crippen LogP contribution in [0.4, 0.5) is 5.00 Å². The lowest BCUT2D eigenvalue weighted by Crippen LogP contribution is -2.15. The van der Waals surface area contributed by atoms with Crippen LogP contribution in [0.1, 0.15) is 20.7 Å². The summed E-state index contributed by atoms with van der Waals surface area (Å²) in [4.78, 5) is 31.1. The number of esters is 1. The minimum absolute atomic E-state index is 0.307. The molecule has 0 aliphatic carbocycles. The monoisotopic (exact) mass is 532 g/mol. The molecule has 5 nitrogen and oxygen atoms in total. The van der Waals surface area contributed by atoms with Crippen LogP contribution in [0.15, 0.2) is 84.2 Å². The molecule has 1 amide bonds. The molecule has 0 fully saturated rings. The number of aromatic nitrogens is 1. The Labute approximate surface area is 221 Å². The van der Waals surface area contributed by atoms with E-state index in [1.165, 1.54) is 18.4 Å². The fourth-order valence-electron chi connectivity index (χ4n) is 3.95. The van der Waals surface area contributed by atoms with E-state index in [9.17, 15) is 9.59 Å². The van der Waals surface area contributed by atoms with E-state index in [1.807, 2.05) is 60.0 Å². The zero-order chi connectivity index (χ0) is 25.2. The second kappa shape index (κ2) is 10.1. The number of ether oxygens (including phenoxy) is 1. The molecule has 0 unspecified atom stereocenters. The van der Waals surface area contributed by atoms with Gasteiger partial charge >= 0.3 is 5.97 Å².